The number of hydrogen-bond acceptors (Lipinski definition) is 3. The maximum absolute atomic E-state index is 13.1. The Bertz CT molecular complexity index is 683. The van der Waals surface area contributed by atoms with Crippen LogP contribution in [0.25, 0.3) is 0 Å². The van der Waals surface area contributed by atoms with E-state index in [1.807, 2.05) is 12.1 Å². The molecule has 0 aromatic heterocycles. The summed E-state index contributed by atoms with van der Waals surface area (Å²) in [7, 11) is 0. The van der Waals surface area contributed by atoms with E-state index in [-0.39, 0.29) is 11.8 Å². The van der Waals surface area contributed by atoms with E-state index in [1.165, 1.54) is 19.3 Å². The van der Waals surface area contributed by atoms with Gasteiger partial charge in [-0.2, -0.15) is 0 Å². The Morgan fingerprint density at radius 1 is 0.960 bits per heavy atom. The van der Waals surface area contributed by atoms with Crippen LogP contribution in [0.4, 0.5) is 5.69 Å². The number of amides is 2. The van der Waals surface area contributed by atoms with E-state index in [2.05, 4.69) is 4.90 Å². The second kappa shape index (κ2) is 6.61. The molecule has 1 saturated carbocycles. The van der Waals surface area contributed by atoms with E-state index < -0.39 is 5.41 Å². The number of hydrazine groups is 1. The summed E-state index contributed by atoms with van der Waals surface area (Å²) in [6.07, 6.45) is 6.00. The molecule has 2 heterocycles. The van der Waals surface area contributed by atoms with Gasteiger partial charge in [-0.25, -0.2) is 10.0 Å². The van der Waals surface area contributed by atoms with Gasteiger partial charge < -0.3 is 4.90 Å². The van der Waals surface area contributed by atoms with Crippen molar-refractivity contribution in [3.05, 3.63) is 29.3 Å². The molecule has 0 radical (unpaired) electrons. The van der Waals surface area contributed by atoms with E-state index in [0.717, 1.165) is 26.1 Å². The van der Waals surface area contributed by atoms with E-state index in [1.54, 1.807) is 22.2 Å². The van der Waals surface area contributed by atoms with E-state index in [9.17, 15) is 9.59 Å². The van der Waals surface area contributed by atoms with E-state index in [0.29, 0.717) is 30.1 Å². The van der Waals surface area contributed by atoms with E-state index >= 15 is 0 Å². The average molecular weight is 362 g/mol. The number of nitrogens with zero attached hydrogens (tertiary/aromatic N) is 3. The van der Waals surface area contributed by atoms with Crippen molar-refractivity contribution in [2.75, 3.05) is 31.2 Å². The SMILES string of the molecule is O=C1N(CCN2CCCCC2)N(c2cccc(Cl)c2)C(=O)C12CCC2. The Labute approximate surface area is 153 Å². The minimum atomic E-state index is -0.815. The minimum absolute atomic E-state index is 0.0271. The summed E-state index contributed by atoms with van der Waals surface area (Å²) in [6, 6.07) is 7.22. The molecule has 0 unspecified atom stereocenters. The van der Waals surface area contributed by atoms with Crippen LogP contribution < -0.4 is 5.01 Å². The molecule has 3 aliphatic rings. The first kappa shape index (κ1) is 16.9. The molecule has 1 aromatic rings. The zero-order valence-electron chi connectivity index (χ0n) is 14.4. The molecule has 2 aliphatic heterocycles. The molecule has 1 aromatic carbocycles. The third-order valence-corrected chi connectivity index (χ3v) is 6.06. The maximum Gasteiger partial charge on any atom is 0.261 e. The topological polar surface area (TPSA) is 43.9 Å². The smallest absolute Gasteiger partial charge is 0.261 e. The summed E-state index contributed by atoms with van der Waals surface area (Å²) in [6.45, 7) is 3.53. The van der Waals surface area contributed by atoms with E-state index in [4.69, 9.17) is 11.6 Å². The highest BCUT2D eigenvalue weighted by Gasteiger charge is 2.61. The minimum Gasteiger partial charge on any atom is -0.301 e. The van der Waals surface area contributed by atoms with Gasteiger partial charge in [0.25, 0.3) is 11.8 Å². The van der Waals surface area contributed by atoms with Crippen molar-refractivity contribution in [1.82, 2.24) is 9.91 Å². The number of anilines is 1. The van der Waals surface area contributed by atoms with Gasteiger partial charge in [-0.3, -0.25) is 9.59 Å². The largest absolute Gasteiger partial charge is 0.301 e. The quantitative estimate of drug-likeness (QED) is 0.774. The van der Waals surface area contributed by atoms with Crippen LogP contribution in [0.5, 0.6) is 0 Å². The highest BCUT2D eigenvalue weighted by molar-refractivity contribution is 6.31. The van der Waals surface area contributed by atoms with Gasteiger partial charge in [0.15, 0.2) is 0 Å². The van der Waals surface area contributed by atoms with Crippen LogP contribution in [0.1, 0.15) is 38.5 Å². The molecule has 2 amide bonds. The highest BCUT2D eigenvalue weighted by Crippen LogP contribution is 2.49. The fraction of sp³-hybridized carbons (Fsp3) is 0.579. The standard InChI is InChI=1S/C19H24ClN3O2/c20-15-6-4-7-16(14-15)23-18(25)19(8-5-9-19)17(24)22(23)13-12-21-10-2-1-3-11-21/h4,6-7,14H,1-3,5,8-13H2. The lowest BCUT2D eigenvalue weighted by Crippen LogP contribution is -2.46. The molecule has 2 saturated heterocycles. The van der Waals surface area contributed by atoms with Crippen molar-refractivity contribution in [3.8, 4) is 0 Å². The number of piperidine rings is 1. The lowest BCUT2D eigenvalue weighted by Gasteiger charge is -2.33. The Morgan fingerprint density at radius 2 is 1.72 bits per heavy atom. The predicted molar refractivity (Wildman–Crippen MR) is 97.2 cm³/mol. The molecule has 0 atom stereocenters. The maximum atomic E-state index is 13.1. The van der Waals surface area contributed by atoms with Crippen molar-refractivity contribution in [2.45, 2.75) is 38.5 Å². The summed E-state index contributed by atoms with van der Waals surface area (Å²) in [4.78, 5) is 28.6. The Hall–Kier alpha value is -1.59. The van der Waals surface area contributed by atoms with Gasteiger partial charge in [-0.05, 0) is 57.0 Å². The number of halogens is 1. The van der Waals surface area contributed by atoms with Crippen molar-refractivity contribution < 1.29 is 9.59 Å². The highest BCUT2D eigenvalue weighted by atomic mass is 35.5. The molecule has 1 aliphatic carbocycles. The van der Waals surface area contributed by atoms with Gasteiger partial charge >= 0.3 is 0 Å². The Kier molecular flexibility index (Phi) is 4.46. The number of carbonyl (C=O) groups excluding carboxylic acids is 2. The molecule has 25 heavy (non-hydrogen) atoms. The molecule has 4 rings (SSSR count). The van der Waals surface area contributed by atoms with Crippen LogP contribution in [-0.2, 0) is 9.59 Å². The molecule has 6 heteroatoms. The fourth-order valence-corrected chi connectivity index (χ4v) is 4.37. The molecular weight excluding hydrogens is 338 g/mol. The van der Waals surface area contributed by atoms with Gasteiger partial charge in [-0.1, -0.05) is 30.5 Å². The molecule has 134 valence electrons. The summed E-state index contributed by atoms with van der Waals surface area (Å²) >= 11 is 6.12. The van der Waals surface area contributed by atoms with Gasteiger partial charge in [0.2, 0.25) is 0 Å². The van der Waals surface area contributed by atoms with Gasteiger partial charge in [-0.15, -0.1) is 0 Å². The lowest BCUT2D eigenvalue weighted by molar-refractivity contribution is -0.144. The summed E-state index contributed by atoms with van der Waals surface area (Å²) in [5.74, 6) is -0.106. The van der Waals surface area contributed by atoms with Gasteiger partial charge in [0.05, 0.1) is 12.2 Å². The summed E-state index contributed by atoms with van der Waals surface area (Å²) in [5.41, 5.74) is -0.127. The molecule has 0 bridgehead atoms. The van der Waals surface area contributed by atoms with Crippen LogP contribution in [0.2, 0.25) is 5.02 Å². The van der Waals surface area contributed by atoms with Gasteiger partial charge in [0.1, 0.15) is 5.41 Å². The predicted octanol–water partition coefficient (Wildman–Crippen LogP) is 3.09. The monoisotopic (exact) mass is 361 g/mol. The number of rotatable bonds is 4. The van der Waals surface area contributed by atoms with Crippen LogP contribution in [-0.4, -0.2) is 47.9 Å². The average Bonchev–Trinajstić information content (AvgIpc) is 2.80. The molecule has 5 nitrogen and oxygen atoms in total. The lowest BCUT2D eigenvalue weighted by atomic mass is 9.68. The second-order valence-corrected chi connectivity index (χ2v) is 7.80. The van der Waals surface area contributed by atoms with Crippen molar-refractivity contribution >= 4 is 29.1 Å². The van der Waals surface area contributed by atoms with Crippen LogP contribution in [0, 0.1) is 5.41 Å². The third-order valence-electron chi connectivity index (χ3n) is 5.82. The van der Waals surface area contributed by atoms with Crippen LogP contribution >= 0.6 is 11.6 Å². The normalized spacial score (nSPS) is 23.4. The van der Waals surface area contributed by atoms with Crippen molar-refractivity contribution in [1.29, 1.82) is 0 Å². The number of hydrogen-bond donors (Lipinski definition) is 0. The van der Waals surface area contributed by atoms with Gasteiger partial charge in [0, 0.05) is 11.6 Å². The molecule has 0 N–H and O–H groups in total. The molecule has 3 fully saturated rings. The number of carbonyl (C=O) groups is 2. The first-order chi connectivity index (χ1) is 12.1. The second-order valence-electron chi connectivity index (χ2n) is 7.36. The van der Waals surface area contributed by atoms with Crippen molar-refractivity contribution in [3.63, 3.8) is 0 Å². The molecule has 1 spiro atoms. The van der Waals surface area contributed by atoms with Crippen molar-refractivity contribution in [2.24, 2.45) is 5.41 Å². The zero-order chi connectivity index (χ0) is 17.4. The van der Waals surface area contributed by atoms with Crippen LogP contribution in [0.15, 0.2) is 24.3 Å². The first-order valence-electron chi connectivity index (χ1n) is 9.26. The Balaban J connectivity index is 1.58. The number of likely N-dealkylation sites (tertiary alicyclic amines) is 1. The fourth-order valence-electron chi connectivity index (χ4n) is 4.18. The summed E-state index contributed by atoms with van der Waals surface area (Å²) in [5, 5.41) is 3.82. The van der Waals surface area contributed by atoms with Crippen LogP contribution in [0.3, 0.4) is 0 Å². The zero-order valence-corrected chi connectivity index (χ0v) is 15.2. The molecular formula is C19H24ClN3O2. The first-order valence-corrected chi connectivity index (χ1v) is 9.64. The third kappa shape index (κ3) is 2.83. The Morgan fingerprint density at radius 3 is 2.36 bits per heavy atom. The number of benzene rings is 1. The summed E-state index contributed by atoms with van der Waals surface area (Å²) < 4.78 is 0.